The van der Waals surface area contributed by atoms with Crippen molar-refractivity contribution in [3.8, 4) is 0 Å². The molecule has 104 valence electrons. The molecule has 1 aromatic carbocycles. The van der Waals surface area contributed by atoms with Gasteiger partial charge in [-0.3, -0.25) is 4.79 Å². The van der Waals surface area contributed by atoms with Gasteiger partial charge in [-0.15, -0.1) is 0 Å². The van der Waals surface area contributed by atoms with E-state index < -0.39 is 11.0 Å². The summed E-state index contributed by atoms with van der Waals surface area (Å²) in [6.45, 7) is 7.38. The lowest BCUT2D eigenvalue weighted by Gasteiger charge is -2.38. The van der Waals surface area contributed by atoms with Gasteiger partial charge in [0.2, 0.25) is 0 Å². The number of nitrogens with one attached hydrogen (secondary N) is 1. The molecule has 0 bridgehead atoms. The first-order valence-corrected chi connectivity index (χ1v) is 6.94. The summed E-state index contributed by atoms with van der Waals surface area (Å²) in [5, 5.41) is 3.34. The fraction of sp³-hybridized carbons (Fsp3) is 0.562. The first-order valence-electron chi connectivity index (χ1n) is 6.94. The first kappa shape index (κ1) is 14.1. The maximum Gasteiger partial charge on any atom is 0.318 e. The molecule has 2 rings (SSSR count). The van der Waals surface area contributed by atoms with Crippen molar-refractivity contribution in [2.24, 2.45) is 0 Å². The van der Waals surface area contributed by atoms with Crippen molar-refractivity contribution < 1.29 is 9.53 Å². The van der Waals surface area contributed by atoms with E-state index in [9.17, 15) is 4.79 Å². The molecule has 1 atom stereocenters. The van der Waals surface area contributed by atoms with Gasteiger partial charge < -0.3 is 10.1 Å². The summed E-state index contributed by atoms with van der Waals surface area (Å²) in [5.74, 6) is -0.113. The van der Waals surface area contributed by atoms with E-state index in [4.69, 9.17) is 4.74 Å². The number of hydrogen-bond donors (Lipinski definition) is 1. The topological polar surface area (TPSA) is 38.3 Å². The normalized spacial score (nSPS) is 23.9. The molecule has 0 radical (unpaired) electrons. The number of carbonyl (C=O) groups excluding carboxylic acids is 1. The number of hydrogen-bond acceptors (Lipinski definition) is 3. The highest BCUT2D eigenvalue weighted by atomic mass is 16.6. The van der Waals surface area contributed by atoms with E-state index in [0.29, 0.717) is 6.54 Å². The molecule has 1 heterocycles. The highest BCUT2D eigenvalue weighted by Gasteiger charge is 2.44. The van der Waals surface area contributed by atoms with Crippen LogP contribution in [-0.4, -0.2) is 24.7 Å². The SMILES string of the molecule is CC(C)(C)OC(=O)C1(c2ccccc2)CCCNC1. The van der Waals surface area contributed by atoms with Gasteiger partial charge in [0.25, 0.3) is 0 Å². The van der Waals surface area contributed by atoms with Crippen LogP contribution in [0.25, 0.3) is 0 Å². The van der Waals surface area contributed by atoms with Gasteiger partial charge in [0.05, 0.1) is 0 Å². The van der Waals surface area contributed by atoms with Crippen molar-refractivity contribution >= 4 is 5.97 Å². The maximum absolute atomic E-state index is 12.7. The fourth-order valence-electron chi connectivity index (χ4n) is 2.58. The van der Waals surface area contributed by atoms with E-state index in [0.717, 1.165) is 24.9 Å². The van der Waals surface area contributed by atoms with E-state index in [2.05, 4.69) is 5.32 Å². The minimum atomic E-state index is -0.535. The lowest BCUT2D eigenvalue weighted by molar-refractivity contribution is -0.163. The molecule has 0 amide bonds. The molecule has 1 aliphatic heterocycles. The molecule has 3 heteroatoms. The van der Waals surface area contributed by atoms with Crippen molar-refractivity contribution in [2.75, 3.05) is 13.1 Å². The molecule has 1 N–H and O–H groups in total. The van der Waals surface area contributed by atoms with E-state index in [1.54, 1.807) is 0 Å². The molecule has 3 nitrogen and oxygen atoms in total. The van der Waals surface area contributed by atoms with Crippen molar-refractivity contribution in [3.05, 3.63) is 35.9 Å². The Bertz CT molecular complexity index is 428. The number of esters is 1. The second-order valence-corrected chi connectivity index (χ2v) is 6.23. The highest BCUT2D eigenvalue weighted by Crippen LogP contribution is 2.34. The van der Waals surface area contributed by atoms with E-state index in [1.165, 1.54) is 0 Å². The molecule has 1 aliphatic rings. The van der Waals surface area contributed by atoms with Crippen LogP contribution in [0.5, 0.6) is 0 Å². The Hall–Kier alpha value is -1.35. The van der Waals surface area contributed by atoms with Crippen LogP contribution >= 0.6 is 0 Å². The van der Waals surface area contributed by atoms with Crippen LogP contribution in [-0.2, 0) is 14.9 Å². The van der Waals surface area contributed by atoms with Gasteiger partial charge in [-0.1, -0.05) is 30.3 Å². The summed E-state index contributed by atoms with van der Waals surface area (Å²) in [6, 6.07) is 9.99. The van der Waals surface area contributed by atoms with Gasteiger partial charge in [0.15, 0.2) is 0 Å². The molecule has 0 spiro atoms. The van der Waals surface area contributed by atoms with E-state index >= 15 is 0 Å². The van der Waals surface area contributed by atoms with Crippen LogP contribution < -0.4 is 5.32 Å². The van der Waals surface area contributed by atoms with E-state index in [-0.39, 0.29) is 5.97 Å². The second-order valence-electron chi connectivity index (χ2n) is 6.23. The Morgan fingerprint density at radius 3 is 2.47 bits per heavy atom. The third-order valence-electron chi connectivity index (χ3n) is 3.50. The summed E-state index contributed by atoms with van der Waals surface area (Å²) in [5.41, 5.74) is 0.0692. The zero-order valence-corrected chi connectivity index (χ0v) is 12.0. The summed E-state index contributed by atoms with van der Waals surface area (Å²) in [4.78, 5) is 12.7. The molecular formula is C16H23NO2. The van der Waals surface area contributed by atoms with Crippen LogP contribution in [0.15, 0.2) is 30.3 Å². The minimum Gasteiger partial charge on any atom is -0.459 e. The first-order chi connectivity index (χ1) is 8.94. The molecule has 0 saturated carbocycles. The maximum atomic E-state index is 12.7. The molecule has 0 aliphatic carbocycles. The zero-order valence-electron chi connectivity index (χ0n) is 12.0. The van der Waals surface area contributed by atoms with Gasteiger partial charge in [0.1, 0.15) is 11.0 Å². The van der Waals surface area contributed by atoms with Crippen LogP contribution in [0.4, 0.5) is 0 Å². The lowest BCUT2D eigenvalue weighted by atomic mass is 9.74. The zero-order chi connectivity index (χ0) is 13.9. The molecule has 1 unspecified atom stereocenters. The van der Waals surface area contributed by atoms with Gasteiger partial charge in [-0.05, 0) is 45.7 Å². The number of ether oxygens (including phenoxy) is 1. The summed E-state index contributed by atoms with van der Waals surface area (Å²) >= 11 is 0. The van der Waals surface area contributed by atoms with Crippen LogP contribution in [0.1, 0.15) is 39.2 Å². The monoisotopic (exact) mass is 261 g/mol. The van der Waals surface area contributed by atoms with Crippen LogP contribution in [0, 0.1) is 0 Å². The molecular weight excluding hydrogens is 238 g/mol. The second kappa shape index (κ2) is 5.33. The van der Waals surface area contributed by atoms with Crippen LogP contribution in [0.2, 0.25) is 0 Å². The number of carbonyl (C=O) groups is 1. The summed E-state index contributed by atoms with van der Waals surface area (Å²) in [7, 11) is 0. The average molecular weight is 261 g/mol. The standard InChI is InChI=1S/C16H23NO2/c1-15(2,3)19-14(18)16(10-7-11-17-12-16)13-8-5-4-6-9-13/h4-6,8-9,17H,7,10-12H2,1-3H3. The predicted molar refractivity (Wildman–Crippen MR) is 76.1 cm³/mol. The van der Waals surface area contributed by atoms with Gasteiger partial charge in [-0.25, -0.2) is 0 Å². The Labute approximate surface area is 115 Å². The molecule has 19 heavy (non-hydrogen) atoms. The number of rotatable bonds is 2. The van der Waals surface area contributed by atoms with Crippen LogP contribution in [0.3, 0.4) is 0 Å². The fourth-order valence-corrected chi connectivity index (χ4v) is 2.58. The van der Waals surface area contributed by atoms with Gasteiger partial charge >= 0.3 is 5.97 Å². The molecule has 1 fully saturated rings. The number of benzene rings is 1. The quantitative estimate of drug-likeness (QED) is 0.832. The Kier molecular flexibility index (Phi) is 3.95. The van der Waals surface area contributed by atoms with Crippen molar-refractivity contribution in [1.82, 2.24) is 5.32 Å². The van der Waals surface area contributed by atoms with Gasteiger partial charge in [-0.2, -0.15) is 0 Å². The van der Waals surface area contributed by atoms with Crippen molar-refractivity contribution in [2.45, 2.75) is 44.6 Å². The summed E-state index contributed by atoms with van der Waals surface area (Å²) in [6.07, 6.45) is 1.84. The van der Waals surface area contributed by atoms with Crippen molar-refractivity contribution in [1.29, 1.82) is 0 Å². The molecule has 1 aromatic rings. The lowest BCUT2D eigenvalue weighted by Crippen LogP contribution is -2.51. The van der Waals surface area contributed by atoms with E-state index in [1.807, 2.05) is 51.1 Å². The highest BCUT2D eigenvalue weighted by molar-refractivity contribution is 5.84. The largest absolute Gasteiger partial charge is 0.459 e. The molecule has 0 aromatic heterocycles. The molecule has 1 saturated heterocycles. The Morgan fingerprint density at radius 2 is 1.95 bits per heavy atom. The summed E-state index contributed by atoms with van der Waals surface area (Å²) < 4.78 is 5.66. The predicted octanol–water partition coefficient (Wildman–Crippen LogP) is 2.65. The smallest absolute Gasteiger partial charge is 0.318 e. The average Bonchev–Trinajstić information content (AvgIpc) is 2.38. The Balaban J connectivity index is 2.32. The third-order valence-corrected chi connectivity index (χ3v) is 3.50. The third kappa shape index (κ3) is 3.16. The van der Waals surface area contributed by atoms with Crippen molar-refractivity contribution in [3.63, 3.8) is 0 Å². The van der Waals surface area contributed by atoms with Gasteiger partial charge in [0, 0.05) is 6.54 Å². The number of piperidine rings is 1. The Morgan fingerprint density at radius 1 is 1.26 bits per heavy atom. The minimum absolute atomic E-state index is 0.113.